The molecule has 1 heterocycles. The number of hydrogen-bond donors (Lipinski definition) is 1. The lowest BCUT2D eigenvalue weighted by Crippen LogP contribution is -2.61. The molecule has 1 aliphatic heterocycles. The maximum Gasteiger partial charge on any atom is 0.456 e. The van der Waals surface area contributed by atoms with Crippen LogP contribution in [0.25, 0.3) is 0 Å². The zero-order valence-electron chi connectivity index (χ0n) is 22.6. The van der Waals surface area contributed by atoms with E-state index in [1.165, 1.54) is 24.3 Å². The fraction of sp³-hybridized carbons (Fsp3) is 0.615. The van der Waals surface area contributed by atoms with Crippen molar-refractivity contribution in [3.63, 3.8) is 0 Å². The van der Waals surface area contributed by atoms with E-state index in [-0.39, 0.29) is 48.6 Å². The zero-order valence-corrected chi connectivity index (χ0v) is 23.4. The van der Waals surface area contributed by atoms with E-state index in [1.807, 2.05) is 0 Å². The van der Waals surface area contributed by atoms with Crippen LogP contribution in [-0.2, 0) is 33.9 Å². The Morgan fingerprint density at radius 2 is 1.48 bits per heavy atom. The molecule has 11 nitrogen and oxygen atoms in total. The highest BCUT2D eigenvalue weighted by Crippen LogP contribution is 2.64. The van der Waals surface area contributed by atoms with E-state index in [1.54, 1.807) is 0 Å². The standard InChI is InChI=1S/C26H25F6NO10S/c27-24(28,26(31,32)44(38,39)40)5-6-41-20(36)22-8-14-7-15(9-22)11-23(10-14,12-22)43-25(29,30)21(37)42-13-33-18(34)16-3-1-2-4-17(16)19(33)35/h1-4,14-15H,5-13H2,(H,38,39,40). The first-order valence-electron chi connectivity index (χ1n) is 13.3. The minimum Gasteiger partial charge on any atom is -0.465 e. The predicted molar refractivity (Wildman–Crippen MR) is 131 cm³/mol. The van der Waals surface area contributed by atoms with Gasteiger partial charge in [0.05, 0.1) is 35.2 Å². The highest BCUT2D eigenvalue weighted by atomic mass is 32.2. The molecule has 6 rings (SSSR count). The number of hydrogen-bond acceptors (Lipinski definition) is 9. The van der Waals surface area contributed by atoms with Crippen LogP contribution in [0.1, 0.15) is 65.7 Å². The molecule has 0 spiro atoms. The van der Waals surface area contributed by atoms with Gasteiger partial charge in [0.15, 0.2) is 6.73 Å². The topological polar surface area (TPSA) is 154 Å². The minimum atomic E-state index is -6.49. The summed E-state index contributed by atoms with van der Waals surface area (Å²) < 4.78 is 129. The molecule has 242 valence electrons. The number of amides is 2. The number of esters is 2. The molecule has 4 aliphatic carbocycles. The molecule has 0 radical (unpaired) electrons. The molecule has 5 aliphatic rings. The summed E-state index contributed by atoms with van der Waals surface area (Å²) in [6.07, 6.45) is -6.32. The van der Waals surface area contributed by atoms with Crippen LogP contribution in [0.15, 0.2) is 24.3 Å². The molecule has 4 fully saturated rings. The van der Waals surface area contributed by atoms with Gasteiger partial charge in [0, 0.05) is 0 Å². The lowest BCUT2D eigenvalue weighted by molar-refractivity contribution is -0.324. The van der Waals surface area contributed by atoms with E-state index < -0.39 is 88.4 Å². The molecule has 2 amide bonds. The molecule has 1 N–H and O–H groups in total. The number of halogens is 6. The molecule has 1 aromatic rings. The number of carbonyl (C=O) groups excluding carboxylic acids is 4. The maximum atomic E-state index is 15.1. The molecule has 18 heteroatoms. The molecule has 1 aromatic carbocycles. The van der Waals surface area contributed by atoms with Gasteiger partial charge in [-0.2, -0.15) is 34.8 Å². The van der Waals surface area contributed by atoms with Crippen LogP contribution < -0.4 is 0 Å². The van der Waals surface area contributed by atoms with Crippen molar-refractivity contribution in [2.24, 2.45) is 17.3 Å². The smallest absolute Gasteiger partial charge is 0.456 e. The summed E-state index contributed by atoms with van der Waals surface area (Å²) in [7, 11) is -6.49. The summed E-state index contributed by atoms with van der Waals surface area (Å²) in [5.41, 5.74) is -3.30. The SMILES string of the molecule is O=C1c2ccccc2C(=O)N1COC(=O)C(F)(F)OC12CC3CC(C1)CC(C(=O)OCCC(F)(F)C(F)(F)S(=O)(=O)O)(C3)C2. The summed E-state index contributed by atoms with van der Waals surface area (Å²) >= 11 is 0. The molecule has 0 saturated heterocycles. The third kappa shape index (κ3) is 5.33. The van der Waals surface area contributed by atoms with Crippen LogP contribution in [0.5, 0.6) is 0 Å². The molecular formula is C26H25F6NO10S. The molecule has 4 bridgehead atoms. The number of carbonyl (C=O) groups is 4. The van der Waals surface area contributed by atoms with Gasteiger partial charge in [0.2, 0.25) is 0 Å². The Bertz CT molecular complexity index is 1470. The lowest BCUT2D eigenvalue weighted by Gasteiger charge is -2.60. The fourth-order valence-corrected chi connectivity index (χ4v) is 7.65. The summed E-state index contributed by atoms with van der Waals surface area (Å²) in [6.45, 7) is -2.50. The van der Waals surface area contributed by atoms with Crippen LogP contribution in [0.4, 0.5) is 26.3 Å². The second kappa shape index (κ2) is 10.4. The first-order chi connectivity index (χ1) is 20.2. The Morgan fingerprint density at radius 1 is 0.932 bits per heavy atom. The summed E-state index contributed by atoms with van der Waals surface area (Å²) in [4.78, 5) is 50.8. The number of fused-ring (bicyclic) bond motifs is 1. The van der Waals surface area contributed by atoms with Crippen LogP contribution in [0.3, 0.4) is 0 Å². The van der Waals surface area contributed by atoms with Gasteiger partial charge >= 0.3 is 39.3 Å². The molecule has 4 saturated carbocycles. The van der Waals surface area contributed by atoms with Crippen molar-refractivity contribution in [2.75, 3.05) is 13.3 Å². The highest BCUT2D eigenvalue weighted by Gasteiger charge is 2.67. The molecule has 2 atom stereocenters. The largest absolute Gasteiger partial charge is 0.465 e. The summed E-state index contributed by atoms with van der Waals surface area (Å²) in [5.74, 6) is -11.1. The van der Waals surface area contributed by atoms with Crippen molar-refractivity contribution in [3.05, 3.63) is 35.4 Å². The first kappa shape index (κ1) is 32.2. The van der Waals surface area contributed by atoms with E-state index >= 15 is 8.78 Å². The van der Waals surface area contributed by atoms with Crippen molar-refractivity contribution < 1.29 is 72.7 Å². The number of rotatable bonds is 11. The van der Waals surface area contributed by atoms with Crippen molar-refractivity contribution in [3.8, 4) is 0 Å². The minimum absolute atomic E-state index is 0.00153. The Balaban J connectivity index is 1.23. The Kier molecular flexibility index (Phi) is 7.60. The van der Waals surface area contributed by atoms with E-state index in [0.717, 1.165) is 0 Å². The number of imide groups is 1. The van der Waals surface area contributed by atoms with Gasteiger partial charge in [-0.05, 0) is 62.5 Å². The highest BCUT2D eigenvalue weighted by molar-refractivity contribution is 7.87. The van der Waals surface area contributed by atoms with Crippen LogP contribution >= 0.6 is 0 Å². The summed E-state index contributed by atoms with van der Waals surface area (Å²) in [6, 6.07) is 5.63. The molecule has 44 heavy (non-hydrogen) atoms. The van der Waals surface area contributed by atoms with Crippen LogP contribution in [0, 0.1) is 17.3 Å². The third-order valence-electron chi connectivity index (χ3n) is 8.62. The summed E-state index contributed by atoms with van der Waals surface area (Å²) in [5, 5.41) is -5.86. The lowest BCUT2D eigenvalue weighted by atomic mass is 9.48. The van der Waals surface area contributed by atoms with E-state index in [4.69, 9.17) is 14.0 Å². The van der Waals surface area contributed by atoms with Gasteiger partial charge in [0.1, 0.15) is 0 Å². The fourth-order valence-electron chi connectivity index (χ4n) is 7.17. The van der Waals surface area contributed by atoms with Crippen LogP contribution in [-0.4, -0.2) is 77.8 Å². The van der Waals surface area contributed by atoms with Crippen molar-refractivity contribution in [1.29, 1.82) is 0 Å². The average molecular weight is 658 g/mol. The van der Waals surface area contributed by atoms with Gasteiger partial charge in [-0.1, -0.05) is 12.1 Å². The molecular weight excluding hydrogens is 632 g/mol. The van der Waals surface area contributed by atoms with Crippen molar-refractivity contribution in [1.82, 2.24) is 4.90 Å². The monoisotopic (exact) mass is 657 g/mol. The second-order valence-corrected chi connectivity index (χ2v) is 13.2. The zero-order chi connectivity index (χ0) is 32.5. The van der Waals surface area contributed by atoms with Gasteiger partial charge < -0.3 is 14.2 Å². The molecule has 2 unspecified atom stereocenters. The van der Waals surface area contributed by atoms with E-state index in [9.17, 15) is 45.2 Å². The first-order valence-corrected chi connectivity index (χ1v) is 14.8. The molecule has 0 aromatic heterocycles. The number of nitrogens with zero attached hydrogens (tertiary/aromatic N) is 1. The quantitative estimate of drug-likeness (QED) is 0.161. The number of benzene rings is 1. The van der Waals surface area contributed by atoms with E-state index in [0.29, 0.717) is 11.3 Å². The van der Waals surface area contributed by atoms with Gasteiger partial charge in [-0.3, -0.25) is 18.9 Å². The predicted octanol–water partition coefficient (Wildman–Crippen LogP) is 3.78. The van der Waals surface area contributed by atoms with E-state index in [2.05, 4.69) is 4.74 Å². The van der Waals surface area contributed by atoms with Crippen LogP contribution in [0.2, 0.25) is 0 Å². The Labute approximate surface area is 245 Å². The van der Waals surface area contributed by atoms with Gasteiger partial charge in [0.25, 0.3) is 11.8 Å². The normalized spacial score (nSPS) is 28.3. The van der Waals surface area contributed by atoms with Gasteiger partial charge in [-0.15, -0.1) is 0 Å². The third-order valence-corrected chi connectivity index (χ3v) is 9.57. The maximum absolute atomic E-state index is 15.1. The Hall–Kier alpha value is -3.25. The second-order valence-electron chi connectivity index (χ2n) is 11.8. The number of alkyl halides is 6. The van der Waals surface area contributed by atoms with Crippen molar-refractivity contribution >= 4 is 33.9 Å². The average Bonchev–Trinajstić information content (AvgIpc) is 3.14. The number of ether oxygens (including phenoxy) is 3. The van der Waals surface area contributed by atoms with Crippen molar-refractivity contribution in [2.45, 2.75) is 67.8 Å². The Morgan fingerprint density at radius 3 is 2.00 bits per heavy atom. The van der Waals surface area contributed by atoms with Gasteiger partial charge in [-0.25, -0.2) is 9.69 Å².